The van der Waals surface area contributed by atoms with Crippen LogP contribution in [0, 0.1) is 5.92 Å². The molecule has 0 aromatic heterocycles. The van der Waals surface area contributed by atoms with Crippen LogP contribution in [0.2, 0.25) is 0 Å². The van der Waals surface area contributed by atoms with Gasteiger partial charge in [-0.1, -0.05) is 12.8 Å². The van der Waals surface area contributed by atoms with E-state index in [1.54, 1.807) is 12.1 Å². The number of sulfonamides is 1. The van der Waals surface area contributed by atoms with Gasteiger partial charge < -0.3 is 5.32 Å². The maximum Gasteiger partial charge on any atom is 0.242 e. The third-order valence-electron chi connectivity index (χ3n) is 3.21. The Morgan fingerprint density at radius 3 is 2.33 bits per heavy atom. The fraction of sp³-hybridized carbons (Fsp3) is 0.538. The molecule has 18 heavy (non-hydrogen) atoms. The highest BCUT2D eigenvalue weighted by molar-refractivity contribution is 7.89. The van der Waals surface area contributed by atoms with Gasteiger partial charge in [0.15, 0.2) is 0 Å². The summed E-state index contributed by atoms with van der Waals surface area (Å²) in [7, 11) is -0.234. The minimum Gasteiger partial charge on any atom is -0.385 e. The Labute approximate surface area is 109 Å². The van der Waals surface area contributed by atoms with Crippen LogP contribution in [0.3, 0.4) is 0 Å². The normalized spacial score (nSPS) is 15.9. The quantitative estimate of drug-likeness (QED) is 0.860. The van der Waals surface area contributed by atoms with Gasteiger partial charge in [-0.25, -0.2) is 12.7 Å². The lowest BCUT2D eigenvalue weighted by Gasteiger charge is -2.12. The van der Waals surface area contributed by atoms with Crippen LogP contribution in [-0.4, -0.2) is 33.4 Å². The van der Waals surface area contributed by atoms with E-state index in [4.69, 9.17) is 0 Å². The van der Waals surface area contributed by atoms with E-state index >= 15 is 0 Å². The topological polar surface area (TPSA) is 49.4 Å². The molecule has 2 rings (SSSR count). The lowest BCUT2D eigenvalue weighted by molar-refractivity contribution is 0.521. The molecule has 1 aliphatic rings. The van der Waals surface area contributed by atoms with E-state index < -0.39 is 10.0 Å². The molecule has 1 fully saturated rings. The van der Waals surface area contributed by atoms with Crippen molar-refractivity contribution >= 4 is 15.7 Å². The Morgan fingerprint density at radius 1 is 1.22 bits per heavy atom. The van der Waals surface area contributed by atoms with Crippen molar-refractivity contribution in [3.63, 3.8) is 0 Å². The van der Waals surface area contributed by atoms with Crippen LogP contribution in [0.15, 0.2) is 29.2 Å². The summed E-state index contributed by atoms with van der Waals surface area (Å²) in [4.78, 5) is 0.334. The number of rotatable bonds is 6. The van der Waals surface area contributed by atoms with Crippen molar-refractivity contribution in [1.82, 2.24) is 4.31 Å². The fourth-order valence-corrected chi connectivity index (χ4v) is 2.68. The molecule has 0 amide bonds. The van der Waals surface area contributed by atoms with Crippen LogP contribution in [0.1, 0.15) is 19.3 Å². The average Bonchev–Trinajstić information content (AvgIpc) is 3.13. The van der Waals surface area contributed by atoms with Crippen molar-refractivity contribution in [2.24, 2.45) is 5.92 Å². The van der Waals surface area contributed by atoms with Crippen molar-refractivity contribution < 1.29 is 8.42 Å². The number of hydrogen-bond acceptors (Lipinski definition) is 3. The lowest BCUT2D eigenvalue weighted by atomic mass is 10.2. The summed E-state index contributed by atoms with van der Waals surface area (Å²) in [6.45, 7) is 0.963. The van der Waals surface area contributed by atoms with Gasteiger partial charge in [-0.2, -0.15) is 0 Å². The maximum atomic E-state index is 11.9. The Hall–Kier alpha value is -1.07. The SMILES string of the molecule is CN(C)S(=O)(=O)c1ccc(NCCC2CC2)cc1. The van der Waals surface area contributed by atoms with E-state index in [1.807, 2.05) is 12.1 Å². The van der Waals surface area contributed by atoms with Crippen LogP contribution < -0.4 is 5.32 Å². The highest BCUT2D eigenvalue weighted by Gasteiger charge is 2.20. The fourth-order valence-electron chi connectivity index (χ4n) is 1.78. The third kappa shape index (κ3) is 3.23. The summed E-state index contributed by atoms with van der Waals surface area (Å²) in [6, 6.07) is 6.94. The van der Waals surface area contributed by atoms with E-state index in [9.17, 15) is 8.42 Å². The van der Waals surface area contributed by atoms with E-state index in [2.05, 4.69) is 5.32 Å². The molecule has 100 valence electrons. The molecule has 1 aromatic carbocycles. The van der Waals surface area contributed by atoms with Gasteiger partial charge in [0.2, 0.25) is 10.0 Å². The second-order valence-electron chi connectivity index (χ2n) is 4.97. The number of nitrogens with one attached hydrogen (secondary N) is 1. The van der Waals surface area contributed by atoms with E-state index in [-0.39, 0.29) is 0 Å². The molecule has 0 radical (unpaired) electrons. The van der Waals surface area contributed by atoms with Crippen molar-refractivity contribution in [3.8, 4) is 0 Å². The zero-order valence-corrected chi connectivity index (χ0v) is 11.7. The van der Waals surface area contributed by atoms with E-state index in [1.165, 1.54) is 37.7 Å². The van der Waals surface area contributed by atoms with Crippen molar-refractivity contribution in [3.05, 3.63) is 24.3 Å². The third-order valence-corrected chi connectivity index (χ3v) is 5.04. The van der Waals surface area contributed by atoms with Gasteiger partial charge in [0.1, 0.15) is 0 Å². The minimum atomic E-state index is -3.31. The van der Waals surface area contributed by atoms with Gasteiger partial charge in [0, 0.05) is 26.3 Å². The largest absolute Gasteiger partial charge is 0.385 e. The summed E-state index contributed by atoms with van der Waals surface area (Å²) in [5.74, 6) is 0.908. The molecule has 0 saturated heterocycles. The van der Waals surface area contributed by atoms with Crippen molar-refractivity contribution in [2.45, 2.75) is 24.2 Å². The summed E-state index contributed by atoms with van der Waals surface area (Å²) in [5, 5.41) is 3.32. The van der Waals surface area contributed by atoms with Crippen LogP contribution in [0.4, 0.5) is 5.69 Å². The van der Waals surface area contributed by atoms with Crippen molar-refractivity contribution in [1.29, 1.82) is 0 Å². The van der Waals surface area contributed by atoms with Crippen LogP contribution >= 0.6 is 0 Å². The predicted molar refractivity (Wildman–Crippen MR) is 73.1 cm³/mol. The van der Waals surface area contributed by atoms with Gasteiger partial charge in [-0.15, -0.1) is 0 Å². The Bertz CT molecular complexity index is 490. The van der Waals surface area contributed by atoms with Gasteiger partial charge >= 0.3 is 0 Å². The number of nitrogens with zero attached hydrogens (tertiary/aromatic N) is 1. The molecular weight excluding hydrogens is 248 g/mol. The molecule has 1 N–H and O–H groups in total. The monoisotopic (exact) mass is 268 g/mol. The van der Waals surface area contributed by atoms with E-state index in [0.717, 1.165) is 18.2 Å². The van der Waals surface area contributed by atoms with Crippen LogP contribution in [-0.2, 0) is 10.0 Å². The molecule has 1 aliphatic carbocycles. The van der Waals surface area contributed by atoms with Crippen molar-refractivity contribution in [2.75, 3.05) is 26.0 Å². The molecule has 4 nitrogen and oxygen atoms in total. The highest BCUT2D eigenvalue weighted by Crippen LogP contribution is 2.32. The summed E-state index contributed by atoms with van der Waals surface area (Å²) >= 11 is 0. The average molecular weight is 268 g/mol. The van der Waals surface area contributed by atoms with Crippen LogP contribution in [0.5, 0.6) is 0 Å². The zero-order chi connectivity index (χ0) is 13.2. The first-order chi connectivity index (χ1) is 8.50. The molecule has 0 bridgehead atoms. The molecule has 1 aromatic rings. The Morgan fingerprint density at radius 2 is 1.83 bits per heavy atom. The maximum absolute atomic E-state index is 11.9. The smallest absolute Gasteiger partial charge is 0.242 e. The molecule has 0 aliphatic heterocycles. The molecule has 0 atom stereocenters. The molecule has 0 unspecified atom stereocenters. The summed E-state index contributed by atoms with van der Waals surface area (Å²) < 4.78 is 24.9. The molecule has 0 heterocycles. The zero-order valence-electron chi connectivity index (χ0n) is 10.9. The molecule has 0 spiro atoms. The molecule has 5 heteroatoms. The number of benzene rings is 1. The summed E-state index contributed by atoms with van der Waals surface area (Å²) in [6.07, 6.45) is 3.93. The first-order valence-electron chi connectivity index (χ1n) is 6.26. The standard InChI is InChI=1S/C13H20N2O2S/c1-15(2)18(16,17)13-7-5-12(6-8-13)14-10-9-11-3-4-11/h5-8,11,14H,3-4,9-10H2,1-2H3. The molecule has 1 saturated carbocycles. The minimum absolute atomic E-state index is 0.334. The number of anilines is 1. The summed E-state index contributed by atoms with van der Waals surface area (Å²) in [5.41, 5.74) is 0.980. The van der Waals surface area contributed by atoms with E-state index in [0.29, 0.717) is 4.90 Å². The van der Waals surface area contributed by atoms with Crippen LogP contribution in [0.25, 0.3) is 0 Å². The highest BCUT2D eigenvalue weighted by atomic mass is 32.2. The first kappa shape index (κ1) is 13.4. The number of hydrogen-bond donors (Lipinski definition) is 1. The Balaban J connectivity index is 1.96. The van der Waals surface area contributed by atoms with Gasteiger partial charge in [-0.3, -0.25) is 0 Å². The first-order valence-corrected chi connectivity index (χ1v) is 7.70. The second-order valence-corrected chi connectivity index (χ2v) is 7.12. The predicted octanol–water partition coefficient (Wildman–Crippen LogP) is 2.15. The van der Waals surface area contributed by atoms with Gasteiger partial charge in [-0.05, 0) is 36.6 Å². The molecular formula is C13H20N2O2S. The van der Waals surface area contributed by atoms with Gasteiger partial charge in [0.25, 0.3) is 0 Å². The second kappa shape index (κ2) is 5.28. The van der Waals surface area contributed by atoms with Gasteiger partial charge in [0.05, 0.1) is 4.90 Å². The lowest BCUT2D eigenvalue weighted by Crippen LogP contribution is -2.22. The Kier molecular flexibility index (Phi) is 3.92.